The summed E-state index contributed by atoms with van der Waals surface area (Å²) in [5.41, 5.74) is 1.19. The predicted octanol–water partition coefficient (Wildman–Crippen LogP) is 2.00. The third kappa shape index (κ3) is 4.07. The molecule has 0 aliphatic heterocycles. The molecule has 1 aromatic heterocycles. The summed E-state index contributed by atoms with van der Waals surface area (Å²) in [6.07, 6.45) is 0. The molecule has 3 N–H and O–H groups in total. The van der Waals surface area contributed by atoms with Crippen molar-refractivity contribution in [3.05, 3.63) is 47.1 Å². The van der Waals surface area contributed by atoms with Gasteiger partial charge in [0.25, 0.3) is 0 Å². The summed E-state index contributed by atoms with van der Waals surface area (Å²) in [5.74, 6) is 0.499. The highest BCUT2D eigenvalue weighted by atomic mass is 35.5. The molecule has 2 aromatic rings. The van der Waals surface area contributed by atoms with Gasteiger partial charge in [-0.15, -0.1) is 0 Å². The summed E-state index contributed by atoms with van der Waals surface area (Å²) in [4.78, 5) is 4.23. The highest BCUT2D eigenvalue weighted by molar-refractivity contribution is 7.89. The lowest BCUT2D eigenvalue weighted by Gasteiger charge is -2.10. The van der Waals surface area contributed by atoms with Gasteiger partial charge in [0.1, 0.15) is 0 Å². The van der Waals surface area contributed by atoms with E-state index in [1.807, 2.05) is 12.1 Å². The number of pyridine rings is 1. The molecule has 21 heavy (non-hydrogen) atoms. The van der Waals surface area contributed by atoms with Crippen molar-refractivity contribution >= 4 is 27.3 Å². The van der Waals surface area contributed by atoms with Crippen LogP contribution in [0.5, 0.6) is 5.88 Å². The van der Waals surface area contributed by atoms with Crippen LogP contribution in [-0.2, 0) is 16.6 Å². The Labute approximate surface area is 128 Å². The highest BCUT2D eigenvalue weighted by Crippen LogP contribution is 2.25. The molecular formula is C13H14ClN3O3S. The van der Waals surface area contributed by atoms with E-state index in [2.05, 4.69) is 10.3 Å². The SMILES string of the molecule is COc1cccc(CNc2cc(S(N)(=O)=O)ccc2Cl)n1. The smallest absolute Gasteiger partial charge is 0.238 e. The Balaban J connectivity index is 2.19. The van der Waals surface area contributed by atoms with Gasteiger partial charge < -0.3 is 10.1 Å². The number of ether oxygens (including phenoxy) is 1. The second-order valence-electron chi connectivity index (χ2n) is 4.21. The van der Waals surface area contributed by atoms with Crippen molar-refractivity contribution < 1.29 is 13.2 Å². The van der Waals surface area contributed by atoms with Crippen LogP contribution in [0.2, 0.25) is 5.02 Å². The van der Waals surface area contributed by atoms with Crippen LogP contribution in [0.3, 0.4) is 0 Å². The topological polar surface area (TPSA) is 94.3 Å². The summed E-state index contributed by atoms with van der Waals surface area (Å²) in [5, 5.41) is 8.51. The summed E-state index contributed by atoms with van der Waals surface area (Å²) in [6.45, 7) is 0.366. The van der Waals surface area contributed by atoms with Crippen molar-refractivity contribution in [1.29, 1.82) is 0 Å². The minimum absolute atomic E-state index is 0.00648. The van der Waals surface area contributed by atoms with Crippen LogP contribution < -0.4 is 15.2 Å². The minimum atomic E-state index is -3.77. The van der Waals surface area contributed by atoms with Crippen LogP contribution in [0.4, 0.5) is 5.69 Å². The van der Waals surface area contributed by atoms with Crippen molar-refractivity contribution in [2.45, 2.75) is 11.4 Å². The first-order valence-electron chi connectivity index (χ1n) is 5.96. The zero-order chi connectivity index (χ0) is 15.5. The highest BCUT2D eigenvalue weighted by Gasteiger charge is 2.10. The fraction of sp³-hybridized carbons (Fsp3) is 0.154. The van der Waals surface area contributed by atoms with Crippen molar-refractivity contribution in [3.63, 3.8) is 0 Å². The lowest BCUT2D eigenvalue weighted by molar-refractivity contribution is 0.396. The molecule has 1 heterocycles. The van der Waals surface area contributed by atoms with E-state index in [0.717, 1.165) is 5.69 Å². The molecule has 0 saturated carbocycles. The third-order valence-electron chi connectivity index (χ3n) is 2.72. The predicted molar refractivity (Wildman–Crippen MR) is 80.9 cm³/mol. The van der Waals surface area contributed by atoms with Crippen molar-refractivity contribution in [2.24, 2.45) is 5.14 Å². The van der Waals surface area contributed by atoms with Crippen LogP contribution in [0.15, 0.2) is 41.3 Å². The zero-order valence-corrected chi connectivity index (χ0v) is 12.8. The van der Waals surface area contributed by atoms with E-state index in [1.165, 1.54) is 25.3 Å². The van der Waals surface area contributed by atoms with Gasteiger partial charge in [-0.2, -0.15) is 0 Å². The first-order valence-corrected chi connectivity index (χ1v) is 7.89. The van der Waals surface area contributed by atoms with E-state index in [-0.39, 0.29) is 4.90 Å². The standard InChI is InChI=1S/C13H14ClN3O3S/c1-20-13-4-2-3-9(17-13)8-16-12-7-10(21(15,18)19)5-6-11(12)14/h2-7,16H,8H2,1H3,(H2,15,18,19). The minimum Gasteiger partial charge on any atom is -0.481 e. The number of halogens is 1. The second-order valence-corrected chi connectivity index (χ2v) is 6.18. The van der Waals surface area contributed by atoms with Gasteiger partial charge >= 0.3 is 0 Å². The molecule has 0 amide bonds. The maximum absolute atomic E-state index is 11.3. The molecule has 8 heteroatoms. The Morgan fingerprint density at radius 3 is 2.76 bits per heavy atom. The number of anilines is 1. The zero-order valence-electron chi connectivity index (χ0n) is 11.2. The number of rotatable bonds is 5. The Morgan fingerprint density at radius 1 is 1.33 bits per heavy atom. The van der Waals surface area contributed by atoms with Gasteiger partial charge in [-0.25, -0.2) is 18.5 Å². The van der Waals surface area contributed by atoms with Gasteiger partial charge in [-0.1, -0.05) is 17.7 Å². The van der Waals surface area contributed by atoms with Crippen LogP contribution in [0.1, 0.15) is 5.69 Å². The number of benzene rings is 1. The first kappa shape index (κ1) is 15.6. The fourth-order valence-electron chi connectivity index (χ4n) is 1.67. The first-order chi connectivity index (χ1) is 9.90. The van der Waals surface area contributed by atoms with Crippen molar-refractivity contribution in [1.82, 2.24) is 4.98 Å². The van der Waals surface area contributed by atoms with Crippen LogP contribution in [0.25, 0.3) is 0 Å². The second kappa shape index (κ2) is 6.30. The molecule has 0 saturated heterocycles. The Hall–Kier alpha value is -1.83. The number of nitrogens with one attached hydrogen (secondary N) is 1. The molecule has 6 nitrogen and oxygen atoms in total. The van der Waals surface area contributed by atoms with E-state index < -0.39 is 10.0 Å². The summed E-state index contributed by atoms with van der Waals surface area (Å²) in [7, 11) is -2.24. The molecule has 0 radical (unpaired) electrons. The number of hydrogen-bond donors (Lipinski definition) is 2. The Morgan fingerprint density at radius 2 is 2.10 bits per heavy atom. The van der Waals surface area contributed by atoms with E-state index in [0.29, 0.717) is 23.1 Å². The monoisotopic (exact) mass is 327 g/mol. The molecule has 2 rings (SSSR count). The lowest BCUT2D eigenvalue weighted by atomic mass is 10.3. The number of sulfonamides is 1. The van der Waals surface area contributed by atoms with E-state index in [1.54, 1.807) is 6.07 Å². The van der Waals surface area contributed by atoms with Crippen molar-refractivity contribution in [2.75, 3.05) is 12.4 Å². The molecule has 0 spiro atoms. The third-order valence-corrected chi connectivity index (χ3v) is 3.96. The average Bonchev–Trinajstić information content (AvgIpc) is 2.45. The van der Waals surface area contributed by atoms with E-state index in [4.69, 9.17) is 21.5 Å². The molecular weight excluding hydrogens is 314 g/mol. The average molecular weight is 328 g/mol. The van der Waals surface area contributed by atoms with Gasteiger partial charge in [0.2, 0.25) is 15.9 Å². The number of methoxy groups -OCH3 is 1. The molecule has 0 aliphatic rings. The van der Waals surface area contributed by atoms with Gasteiger partial charge in [0.05, 0.1) is 35.0 Å². The fourth-order valence-corrected chi connectivity index (χ4v) is 2.40. The molecule has 1 aromatic carbocycles. The number of nitrogens with zero attached hydrogens (tertiary/aromatic N) is 1. The largest absolute Gasteiger partial charge is 0.481 e. The van der Waals surface area contributed by atoms with Crippen LogP contribution in [-0.4, -0.2) is 20.5 Å². The van der Waals surface area contributed by atoms with Gasteiger partial charge in [-0.3, -0.25) is 0 Å². The Bertz CT molecular complexity index is 750. The van der Waals surface area contributed by atoms with Gasteiger partial charge in [0.15, 0.2) is 0 Å². The lowest BCUT2D eigenvalue weighted by Crippen LogP contribution is -2.12. The number of hydrogen-bond acceptors (Lipinski definition) is 5. The molecule has 0 unspecified atom stereocenters. The van der Waals surface area contributed by atoms with Crippen molar-refractivity contribution in [3.8, 4) is 5.88 Å². The summed E-state index contributed by atoms with van der Waals surface area (Å²) in [6, 6.07) is 9.57. The van der Waals surface area contributed by atoms with Gasteiger partial charge in [0, 0.05) is 6.07 Å². The molecule has 0 aliphatic carbocycles. The van der Waals surface area contributed by atoms with Crippen LogP contribution >= 0.6 is 11.6 Å². The molecule has 112 valence electrons. The number of nitrogens with two attached hydrogens (primary N) is 1. The maximum Gasteiger partial charge on any atom is 0.238 e. The molecule has 0 bridgehead atoms. The van der Waals surface area contributed by atoms with Gasteiger partial charge in [-0.05, 0) is 24.3 Å². The normalized spacial score (nSPS) is 11.2. The maximum atomic E-state index is 11.3. The summed E-state index contributed by atoms with van der Waals surface area (Å²) >= 11 is 6.03. The Kier molecular flexibility index (Phi) is 4.66. The number of primary sulfonamides is 1. The summed E-state index contributed by atoms with van der Waals surface area (Å²) < 4.78 is 27.7. The van der Waals surface area contributed by atoms with Crippen LogP contribution in [0, 0.1) is 0 Å². The number of aromatic nitrogens is 1. The molecule has 0 fully saturated rings. The van der Waals surface area contributed by atoms with E-state index in [9.17, 15) is 8.42 Å². The quantitative estimate of drug-likeness (QED) is 0.876. The van der Waals surface area contributed by atoms with E-state index >= 15 is 0 Å². The molecule has 0 atom stereocenters.